The zero-order chi connectivity index (χ0) is 32.7. The number of hydrogen-bond donors (Lipinski definition) is 8. The molecule has 43 heavy (non-hydrogen) atoms. The maximum Gasteiger partial charge on any atom is 0.407 e. The Morgan fingerprint density at radius 2 is 1.74 bits per heavy atom. The molecule has 0 spiro atoms. The highest BCUT2D eigenvalue weighted by molar-refractivity contribution is 5.82. The summed E-state index contributed by atoms with van der Waals surface area (Å²) >= 11 is 0. The second kappa shape index (κ2) is 18.5. The van der Waals surface area contributed by atoms with Gasteiger partial charge in [-0.15, -0.1) is 0 Å². The standard InChI is InChI=1S/C29H47N5O9/c1-6-19(7-2)25(33-18(5)36)24-21(34-28(30)31)15-20(27(39)40)26(24)43-29(41)32-13-8-14-42-23(38)12-10-16(3)9-11-22(37)17(4)35/h9-12,17,19-21,24-26,35,37H,6-8,13-15H2,1-5H3,(H,32,41)(H,33,36)(H,39,40)(H4,30,31,34)/b12-10+,16-9+,22-11+/t17?,20-,21+,24+,25-,26+/m0/s1. The summed E-state index contributed by atoms with van der Waals surface area (Å²) in [5.74, 6) is -4.52. The van der Waals surface area contributed by atoms with Crippen molar-refractivity contribution in [3.63, 3.8) is 0 Å². The SMILES string of the molecule is CCC(CC)[C@H](NC(C)=O)[C@@H]1[C@H](OC(=O)NCCCOC(=O)/C=C/C(C)=C/C=C(/O)C(C)O)[C@@H](C(=O)O)C[C@H]1NC(=N)N. The summed E-state index contributed by atoms with van der Waals surface area (Å²) in [6, 6.07) is -1.18. The van der Waals surface area contributed by atoms with Gasteiger partial charge in [-0.25, -0.2) is 9.59 Å². The van der Waals surface area contributed by atoms with E-state index in [1.165, 1.54) is 38.2 Å². The summed E-state index contributed by atoms with van der Waals surface area (Å²) < 4.78 is 10.8. The topological polar surface area (TPSA) is 233 Å². The predicted molar refractivity (Wildman–Crippen MR) is 159 cm³/mol. The van der Waals surface area contributed by atoms with Crippen LogP contribution in [0.5, 0.6) is 0 Å². The molecule has 6 atom stereocenters. The van der Waals surface area contributed by atoms with E-state index >= 15 is 0 Å². The first kappa shape index (κ1) is 37.0. The number of rotatable bonds is 16. The molecule has 0 saturated heterocycles. The number of ether oxygens (including phenoxy) is 2. The number of hydrogen-bond acceptors (Lipinski definition) is 9. The molecule has 14 heteroatoms. The number of guanidine groups is 1. The molecule has 2 amide bonds. The van der Waals surface area contributed by atoms with Crippen molar-refractivity contribution in [2.45, 2.75) is 84.6 Å². The van der Waals surface area contributed by atoms with Crippen LogP contribution in [0.15, 0.2) is 35.6 Å². The van der Waals surface area contributed by atoms with Crippen molar-refractivity contribution >= 4 is 29.9 Å². The Hall–Kier alpha value is -4.07. The molecule has 0 aromatic rings. The van der Waals surface area contributed by atoms with Crippen LogP contribution in [0.4, 0.5) is 4.79 Å². The molecule has 1 fully saturated rings. The number of aliphatic hydroxyl groups excluding tert-OH is 2. The van der Waals surface area contributed by atoms with Gasteiger partial charge in [0.25, 0.3) is 0 Å². The first-order valence-corrected chi connectivity index (χ1v) is 14.4. The lowest BCUT2D eigenvalue weighted by Crippen LogP contribution is -2.55. The van der Waals surface area contributed by atoms with Crippen molar-refractivity contribution in [2.75, 3.05) is 13.2 Å². The van der Waals surface area contributed by atoms with Crippen LogP contribution < -0.4 is 21.7 Å². The molecule has 1 rings (SSSR count). The van der Waals surface area contributed by atoms with Gasteiger partial charge in [-0.3, -0.25) is 15.0 Å². The second-order valence-electron chi connectivity index (χ2n) is 10.6. The van der Waals surface area contributed by atoms with Crippen LogP contribution in [0.1, 0.15) is 60.3 Å². The van der Waals surface area contributed by atoms with Gasteiger partial charge in [0.05, 0.1) is 12.5 Å². The first-order valence-electron chi connectivity index (χ1n) is 14.4. The van der Waals surface area contributed by atoms with E-state index in [4.69, 9.17) is 20.6 Å². The normalized spacial score (nSPS) is 22.1. The number of nitrogens with two attached hydrogens (primary N) is 1. The summed E-state index contributed by atoms with van der Waals surface area (Å²) in [6.07, 6.45) is 4.16. The lowest BCUT2D eigenvalue weighted by Gasteiger charge is -2.37. The maximum absolute atomic E-state index is 12.8. The fourth-order valence-corrected chi connectivity index (χ4v) is 5.09. The molecule has 242 valence electrons. The monoisotopic (exact) mass is 609 g/mol. The minimum atomic E-state index is -1.18. The number of nitrogens with one attached hydrogen (secondary N) is 4. The van der Waals surface area contributed by atoms with Crippen molar-refractivity contribution in [1.29, 1.82) is 5.41 Å². The Bertz CT molecular complexity index is 1070. The molecule has 0 aliphatic heterocycles. The Labute approximate surface area is 252 Å². The van der Waals surface area contributed by atoms with Crippen LogP contribution >= 0.6 is 0 Å². The highest BCUT2D eigenvalue weighted by Gasteiger charge is 2.53. The van der Waals surface area contributed by atoms with Crippen LogP contribution in [-0.2, 0) is 23.9 Å². The molecule has 1 aliphatic rings. The number of carbonyl (C=O) groups excluding carboxylic acids is 3. The lowest BCUT2D eigenvalue weighted by molar-refractivity contribution is -0.145. The van der Waals surface area contributed by atoms with E-state index in [1.807, 2.05) is 13.8 Å². The van der Waals surface area contributed by atoms with E-state index in [2.05, 4.69) is 16.0 Å². The van der Waals surface area contributed by atoms with Crippen LogP contribution in [-0.4, -0.2) is 82.7 Å². The van der Waals surface area contributed by atoms with E-state index in [-0.39, 0.29) is 49.5 Å². The molecule has 0 heterocycles. The fourth-order valence-electron chi connectivity index (χ4n) is 5.09. The van der Waals surface area contributed by atoms with Crippen LogP contribution in [0.3, 0.4) is 0 Å². The molecule has 0 radical (unpaired) electrons. The summed E-state index contributed by atoms with van der Waals surface area (Å²) in [6.45, 7) is 8.43. The smallest absolute Gasteiger partial charge is 0.407 e. The van der Waals surface area contributed by atoms with Crippen molar-refractivity contribution in [3.05, 3.63) is 35.6 Å². The molecule has 14 nitrogen and oxygen atoms in total. The summed E-state index contributed by atoms with van der Waals surface area (Å²) in [5.41, 5.74) is 6.21. The molecule has 1 saturated carbocycles. The molecule has 1 aliphatic carbocycles. The number of aliphatic hydroxyl groups is 2. The van der Waals surface area contributed by atoms with Crippen molar-refractivity contribution < 1.29 is 44.0 Å². The van der Waals surface area contributed by atoms with E-state index < -0.39 is 54.2 Å². The van der Waals surface area contributed by atoms with E-state index in [9.17, 15) is 34.5 Å². The third-order valence-electron chi connectivity index (χ3n) is 7.25. The Balaban J connectivity index is 2.85. The highest BCUT2D eigenvalue weighted by Crippen LogP contribution is 2.40. The zero-order valence-corrected chi connectivity index (χ0v) is 25.5. The second-order valence-corrected chi connectivity index (χ2v) is 10.6. The zero-order valence-electron chi connectivity index (χ0n) is 25.5. The van der Waals surface area contributed by atoms with Crippen molar-refractivity contribution in [1.82, 2.24) is 16.0 Å². The minimum absolute atomic E-state index is 0.0113. The van der Waals surface area contributed by atoms with Crippen molar-refractivity contribution in [3.8, 4) is 0 Å². The Kier molecular flexibility index (Phi) is 15.9. The predicted octanol–water partition coefficient (Wildman–Crippen LogP) is 1.85. The third-order valence-corrected chi connectivity index (χ3v) is 7.25. The number of esters is 1. The largest absolute Gasteiger partial charge is 0.510 e. The molecular formula is C29H47N5O9. The summed E-state index contributed by atoms with van der Waals surface area (Å²) in [5, 5.41) is 44.6. The number of amides is 2. The van der Waals surface area contributed by atoms with Gasteiger partial charge in [-0.2, -0.15) is 0 Å². The average molecular weight is 610 g/mol. The molecule has 1 unspecified atom stereocenters. The first-order chi connectivity index (χ1) is 20.2. The molecule has 0 bridgehead atoms. The van der Waals surface area contributed by atoms with Gasteiger partial charge in [0, 0.05) is 37.5 Å². The molecule has 0 aromatic carbocycles. The van der Waals surface area contributed by atoms with Gasteiger partial charge in [-0.05, 0) is 38.7 Å². The van der Waals surface area contributed by atoms with Gasteiger partial charge >= 0.3 is 18.0 Å². The number of alkyl carbamates (subject to hydrolysis) is 1. The quantitative estimate of drug-likeness (QED) is 0.0239. The van der Waals surface area contributed by atoms with Crippen LogP contribution in [0, 0.1) is 23.2 Å². The van der Waals surface area contributed by atoms with Gasteiger partial charge in [0.1, 0.15) is 18.0 Å². The number of carboxylic acids is 1. The number of carboxylic acid groups (broad SMARTS) is 1. The average Bonchev–Trinajstić information content (AvgIpc) is 3.26. The van der Waals surface area contributed by atoms with E-state index in [0.29, 0.717) is 18.4 Å². The van der Waals surface area contributed by atoms with Gasteiger partial charge in [-0.1, -0.05) is 44.4 Å². The van der Waals surface area contributed by atoms with E-state index in [0.717, 1.165) is 0 Å². The summed E-state index contributed by atoms with van der Waals surface area (Å²) in [4.78, 5) is 49.0. The number of aliphatic carboxylic acids is 1. The molecular weight excluding hydrogens is 562 g/mol. The lowest BCUT2D eigenvalue weighted by atomic mass is 9.80. The number of allylic oxidation sites excluding steroid dienone is 4. The molecule has 9 N–H and O–H groups in total. The number of carbonyl (C=O) groups is 4. The highest BCUT2D eigenvalue weighted by atomic mass is 16.6. The van der Waals surface area contributed by atoms with Crippen LogP contribution in [0.25, 0.3) is 0 Å². The van der Waals surface area contributed by atoms with Crippen molar-refractivity contribution in [2.24, 2.45) is 23.5 Å². The van der Waals surface area contributed by atoms with Gasteiger partial charge < -0.3 is 46.5 Å². The van der Waals surface area contributed by atoms with E-state index in [1.54, 1.807) is 6.92 Å². The third kappa shape index (κ3) is 12.8. The Morgan fingerprint density at radius 1 is 1.09 bits per heavy atom. The fraction of sp³-hybridized carbons (Fsp3) is 0.621. The van der Waals surface area contributed by atoms with Crippen LogP contribution in [0.2, 0.25) is 0 Å². The minimum Gasteiger partial charge on any atom is -0.510 e. The Morgan fingerprint density at radius 3 is 2.28 bits per heavy atom. The van der Waals surface area contributed by atoms with Gasteiger partial charge in [0.2, 0.25) is 5.91 Å². The molecule has 0 aromatic heterocycles. The summed E-state index contributed by atoms with van der Waals surface area (Å²) in [7, 11) is 0. The maximum atomic E-state index is 12.8. The van der Waals surface area contributed by atoms with Gasteiger partial charge in [0.15, 0.2) is 5.96 Å².